The summed E-state index contributed by atoms with van der Waals surface area (Å²) in [7, 11) is -3.46. The highest BCUT2D eigenvalue weighted by molar-refractivity contribution is 7.92. The van der Waals surface area contributed by atoms with E-state index >= 15 is 0 Å². The van der Waals surface area contributed by atoms with Gasteiger partial charge in [-0.05, 0) is 24.3 Å². The third-order valence-electron chi connectivity index (χ3n) is 4.20. The normalized spacial score (nSPS) is 14.4. The van der Waals surface area contributed by atoms with Crippen molar-refractivity contribution in [2.75, 3.05) is 48.7 Å². The molecule has 0 spiro atoms. The molecule has 1 aliphatic rings. The molecule has 29 heavy (non-hydrogen) atoms. The molecule has 154 valence electrons. The molecule has 11 heteroatoms. The molecule has 1 saturated heterocycles. The maximum atomic E-state index is 12.3. The number of sulfonamides is 1. The number of carbonyl (C=O) groups is 2. The van der Waals surface area contributed by atoms with E-state index in [1.165, 1.54) is 24.3 Å². The van der Waals surface area contributed by atoms with Crippen LogP contribution in [0.4, 0.5) is 11.6 Å². The molecule has 1 fully saturated rings. The third kappa shape index (κ3) is 5.88. The number of benzene rings is 1. The summed E-state index contributed by atoms with van der Waals surface area (Å²) < 4.78 is 30.0. The Morgan fingerprint density at radius 1 is 1.10 bits per heavy atom. The topological polar surface area (TPSA) is 122 Å². The van der Waals surface area contributed by atoms with Gasteiger partial charge in [0.25, 0.3) is 5.91 Å². The van der Waals surface area contributed by atoms with E-state index in [0.717, 1.165) is 6.26 Å². The number of esters is 1. The van der Waals surface area contributed by atoms with Gasteiger partial charge in [-0.2, -0.15) is 0 Å². The molecule has 1 amide bonds. The fraction of sp³-hybridized carbons (Fsp3) is 0.333. The predicted molar refractivity (Wildman–Crippen MR) is 106 cm³/mol. The van der Waals surface area contributed by atoms with Crippen LogP contribution in [0.3, 0.4) is 0 Å². The van der Waals surface area contributed by atoms with Gasteiger partial charge < -0.3 is 14.5 Å². The summed E-state index contributed by atoms with van der Waals surface area (Å²) in [5.74, 6) is -0.377. The van der Waals surface area contributed by atoms with Crippen LogP contribution in [0.1, 0.15) is 10.4 Å². The summed E-state index contributed by atoms with van der Waals surface area (Å²) >= 11 is 0. The van der Waals surface area contributed by atoms with E-state index in [-0.39, 0.29) is 23.8 Å². The predicted octanol–water partition coefficient (Wildman–Crippen LogP) is 0.354. The summed E-state index contributed by atoms with van der Waals surface area (Å²) in [6.45, 7) is 1.74. The van der Waals surface area contributed by atoms with Crippen LogP contribution in [0.15, 0.2) is 42.7 Å². The van der Waals surface area contributed by atoms with Crippen molar-refractivity contribution in [3.63, 3.8) is 0 Å². The molecule has 1 aromatic heterocycles. The standard InChI is InChI=1S/C18H21N5O5S/c1-29(26,27)21-15-5-2-4-14(12-15)17(25)28-13-16(24)22-8-10-23(11-9-22)18-19-6-3-7-20-18/h2-7,12,21H,8-11,13H2,1H3. The minimum absolute atomic E-state index is 0.150. The molecule has 3 rings (SSSR count). The Labute approximate surface area is 168 Å². The van der Waals surface area contributed by atoms with E-state index in [2.05, 4.69) is 14.7 Å². The van der Waals surface area contributed by atoms with E-state index in [9.17, 15) is 18.0 Å². The van der Waals surface area contributed by atoms with E-state index in [4.69, 9.17) is 4.74 Å². The first kappa shape index (κ1) is 20.5. The van der Waals surface area contributed by atoms with Crippen LogP contribution in [0, 0.1) is 0 Å². The molecular formula is C18H21N5O5S. The van der Waals surface area contributed by atoms with Crippen LogP contribution in [-0.4, -0.2) is 74.2 Å². The van der Waals surface area contributed by atoms with Gasteiger partial charge >= 0.3 is 5.97 Å². The first-order chi connectivity index (χ1) is 13.8. The summed E-state index contributed by atoms with van der Waals surface area (Å²) in [4.78, 5) is 36.5. The maximum absolute atomic E-state index is 12.3. The molecule has 0 bridgehead atoms. The first-order valence-electron chi connectivity index (χ1n) is 8.86. The zero-order valence-corrected chi connectivity index (χ0v) is 16.6. The van der Waals surface area contributed by atoms with Crippen LogP contribution in [0.2, 0.25) is 0 Å². The number of ether oxygens (including phenoxy) is 1. The molecule has 1 aromatic carbocycles. The molecule has 0 atom stereocenters. The highest BCUT2D eigenvalue weighted by Gasteiger charge is 2.23. The highest BCUT2D eigenvalue weighted by Crippen LogP contribution is 2.14. The van der Waals surface area contributed by atoms with Crippen LogP contribution in [0.25, 0.3) is 0 Å². The van der Waals surface area contributed by atoms with Crippen molar-refractivity contribution < 1.29 is 22.7 Å². The number of nitrogens with zero attached hydrogens (tertiary/aromatic N) is 4. The fourth-order valence-corrected chi connectivity index (χ4v) is 3.39. The van der Waals surface area contributed by atoms with Crippen LogP contribution in [0.5, 0.6) is 0 Å². The number of amides is 1. The van der Waals surface area contributed by atoms with E-state index in [0.29, 0.717) is 32.1 Å². The second kappa shape index (κ2) is 8.86. The molecule has 0 radical (unpaired) electrons. The Morgan fingerprint density at radius 2 is 1.79 bits per heavy atom. The smallest absolute Gasteiger partial charge is 0.338 e. The second-order valence-electron chi connectivity index (χ2n) is 6.45. The Kier molecular flexibility index (Phi) is 6.27. The number of hydrogen-bond donors (Lipinski definition) is 1. The summed E-state index contributed by atoms with van der Waals surface area (Å²) in [6.07, 6.45) is 4.35. The van der Waals surface area contributed by atoms with Crippen molar-refractivity contribution in [2.45, 2.75) is 0 Å². The Balaban J connectivity index is 1.50. The molecule has 0 saturated carbocycles. The van der Waals surface area contributed by atoms with Crippen molar-refractivity contribution in [2.24, 2.45) is 0 Å². The summed E-state index contributed by atoms with van der Waals surface area (Å²) in [5.41, 5.74) is 0.394. The van der Waals surface area contributed by atoms with Crippen molar-refractivity contribution in [3.8, 4) is 0 Å². The molecule has 0 unspecified atom stereocenters. The van der Waals surface area contributed by atoms with Gasteiger partial charge in [0.2, 0.25) is 16.0 Å². The Hall–Kier alpha value is -3.21. The highest BCUT2D eigenvalue weighted by atomic mass is 32.2. The van der Waals surface area contributed by atoms with Crippen LogP contribution in [-0.2, 0) is 19.6 Å². The lowest BCUT2D eigenvalue weighted by atomic mass is 10.2. The number of hydrogen-bond acceptors (Lipinski definition) is 8. The van der Waals surface area contributed by atoms with E-state index in [1.807, 2.05) is 4.90 Å². The third-order valence-corrected chi connectivity index (χ3v) is 4.80. The van der Waals surface area contributed by atoms with Gasteiger partial charge in [0.05, 0.1) is 11.8 Å². The Bertz CT molecular complexity index is 975. The number of nitrogens with one attached hydrogen (secondary N) is 1. The summed E-state index contributed by atoms with van der Waals surface area (Å²) in [5, 5.41) is 0. The molecule has 1 N–H and O–H groups in total. The molecule has 2 heterocycles. The number of rotatable bonds is 6. The zero-order chi connectivity index (χ0) is 20.9. The number of piperazine rings is 1. The first-order valence-corrected chi connectivity index (χ1v) is 10.8. The fourth-order valence-electron chi connectivity index (χ4n) is 2.84. The van der Waals surface area contributed by atoms with Crippen molar-refractivity contribution >= 4 is 33.5 Å². The monoisotopic (exact) mass is 419 g/mol. The van der Waals surface area contributed by atoms with Crippen molar-refractivity contribution in [1.82, 2.24) is 14.9 Å². The van der Waals surface area contributed by atoms with Crippen molar-refractivity contribution in [3.05, 3.63) is 48.3 Å². The SMILES string of the molecule is CS(=O)(=O)Nc1cccc(C(=O)OCC(=O)N2CCN(c3ncccn3)CC2)c1. The van der Waals surface area contributed by atoms with Crippen molar-refractivity contribution in [1.29, 1.82) is 0 Å². The van der Waals surface area contributed by atoms with E-state index in [1.54, 1.807) is 23.4 Å². The van der Waals surface area contributed by atoms with Gasteiger partial charge in [-0.25, -0.2) is 23.2 Å². The zero-order valence-electron chi connectivity index (χ0n) is 15.8. The second-order valence-corrected chi connectivity index (χ2v) is 8.20. The van der Waals surface area contributed by atoms with Crippen LogP contribution >= 0.6 is 0 Å². The molecule has 0 aliphatic carbocycles. The largest absolute Gasteiger partial charge is 0.452 e. The quantitative estimate of drug-likeness (QED) is 0.666. The van der Waals surface area contributed by atoms with Crippen LogP contribution < -0.4 is 9.62 Å². The molecule has 10 nitrogen and oxygen atoms in total. The van der Waals surface area contributed by atoms with Gasteiger partial charge in [-0.3, -0.25) is 9.52 Å². The molecule has 2 aromatic rings. The summed E-state index contributed by atoms with van der Waals surface area (Å²) in [6, 6.07) is 7.62. The average molecular weight is 419 g/mol. The number of anilines is 2. The number of carbonyl (C=O) groups excluding carboxylic acids is 2. The van der Waals surface area contributed by atoms with Gasteiger partial charge in [0, 0.05) is 44.3 Å². The minimum Gasteiger partial charge on any atom is -0.452 e. The minimum atomic E-state index is -3.46. The Morgan fingerprint density at radius 3 is 2.45 bits per heavy atom. The maximum Gasteiger partial charge on any atom is 0.338 e. The molecular weight excluding hydrogens is 398 g/mol. The lowest BCUT2D eigenvalue weighted by Gasteiger charge is -2.34. The van der Waals surface area contributed by atoms with E-state index < -0.39 is 16.0 Å². The molecule has 1 aliphatic heterocycles. The van der Waals surface area contributed by atoms with Gasteiger partial charge in [-0.1, -0.05) is 6.07 Å². The van der Waals surface area contributed by atoms with Gasteiger partial charge in [-0.15, -0.1) is 0 Å². The lowest BCUT2D eigenvalue weighted by molar-refractivity contribution is -0.134. The number of aromatic nitrogens is 2. The van der Waals surface area contributed by atoms with Gasteiger partial charge in [0.15, 0.2) is 6.61 Å². The lowest BCUT2D eigenvalue weighted by Crippen LogP contribution is -2.50. The average Bonchev–Trinajstić information content (AvgIpc) is 2.71. The van der Waals surface area contributed by atoms with Gasteiger partial charge in [0.1, 0.15) is 0 Å².